The SMILES string of the molecule is [B]NC(=O)CCCCN1C(=CC=C2CCCC(C=CC3=[N+](CCCCS(=O)(=O)O)c4ccccc4C3(C)C)=C2Oc2ccc(S(=O)(=O)O)cc2)C(C)(C)c2ccccc21. The number of hydrogen-bond donors (Lipinski definition) is 3. The maximum absolute atomic E-state index is 11.8. The van der Waals surface area contributed by atoms with E-state index >= 15 is 0 Å². The Hall–Kier alpha value is -4.76. The molecule has 0 saturated carbocycles. The fourth-order valence-electron chi connectivity index (χ4n) is 8.45. The molecule has 0 fully saturated rings. The van der Waals surface area contributed by atoms with Gasteiger partial charge in [-0.1, -0.05) is 56.3 Å². The smallest absolute Gasteiger partial charge is 0.294 e. The van der Waals surface area contributed by atoms with Crippen LogP contribution in [0.3, 0.4) is 0 Å². The Labute approximate surface area is 350 Å². The van der Waals surface area contributed by atoms with E-state index in [1.807, 2.05) is 18.2 Å². The van der Waals surface area contributed by atoms with Crippen molar-refractivity contribution in [3.8, 4) is 5.75 Å². The van der Waals surface area contributed by atoms with E-state index in [2.05, 4.69) is 97.0 Å². The number of carbonyl (C=O) groups excluding carboxylic acids is 1. The minimum Gasteiger partial charge on any atom is -0.457 e. The highest BCUT2D eigenvalue weighted by Crippen LogP contribution is 2.48. The molecule has 1 amide bonds. The number of ether oxygens (including phenoxy) is 1. The van der Waals surface area contributed by atoms with Crippen LogP contribution in [0.25, 0.3) is 0 Å². The molecule has 310 valence electrons. The van der Waals surface area contributed by atoms with E-state index in [0.29, 0.717) is 50.3 Å². The van der Waals surface area contributed by atoms with E-state index < -0.39 is 20.2 Å². The second-order valence-electron chi connectivity index (χ2n) is 16.3. The number of hydrogen-bond acceptors (Lipinski definition) is 7. The number of allylic oxidation sites excluding steroid dienone is 7. The lowest BCUT2D eigenvalue weighted by atomic mass is 9.81. The first kappa shape index (κ1) is 43.8. The Bertz CT molecular complexity index is 2470. The fraction of sp³-hybridized carbons (Fsp3) is 0.378. The molecule has 2 aliphatic heterocycles. The van der Waals surface area contributed by atoms with Crippen molar-refractivity contribution in [1.82, 2.24) is 5.23 Å². The quantitative estimate of drug-likeness (QED) is 0.0564. The van der Waals surface area contributed by atoms with E-state index in [-0.39, 0.29) is 27.4 Å². The number of amides is 1. The molecule has 0 aromatic heterocycles. The minimum absolute atomic E-state index is 0.190. The highest BCUT2D eigenvalue weighted by molar-refractivity contribution is 7.86. The van der Waals surface area contributed by atoms with Crippen molar-refractivity contribution in [3.05, 3.63) is 131 Å². The molecule has 0 bridgehead atoms. The van der Waals surface area contributed by atoms with Crippen LogP contribution in [0.5, 0.6) is 5.75 Å². The normalized spacial score (nSPS) is 18.8. The first-order valence-corrected chi connectivity index (χ1v) is 23.1. The van der Waals surface area contributed by atoms with Gasteiger partial charge in [0.25, 0.3) is 20.2 Å². The standard InChI is InChI=1S/C45H52BN3O8S2/c1-44(2)36-16-5-7-18-38(36)48(29-10-9-20-42(50)47-46)40(44)27-21-32-14-13-15-33(43(32)57-34-23-25-35(26-24-34)59(54,55)56)22-28-41-45(3,4)37-17-6-8-19-39(37)49(41)30-11-12-31-58(51,52)53/h5-8,16-19,21-28H,9-15,20,29-31H2,1-4H3,(H2-,47,50,51,52,53,54,55,56)/p+1. The van der Waals surface area contributed by atoms with Crippen LogP contribution in [0, 0.1) is 0 Å². The Morgan fingerprint density at radius 2 is 1.54 bits per heavy atom. The van der Waals surface area contributed by atoms with Crippen LogP contribution in [-0.2, 0) is 35.9 Å². The summed E-state index contributed by atoms with van der Waals surface area (Å²) < 4.78 is 74.5. The summed E-state index contributed by atoms with van der Waals surface area (Å²) in [5, 5.41) is 2.21. The molecule has 14 heteroatoms. The average Bonchev–Trinajstić information content (AvgIpc) is 3.54. The molecule has 6 rings (SSSR count). The molecule has 0 unspecified atom stereocenters. The van der Waals surface area contributed by atoms with Gasteiger partial charge in [-0.25, -0.2) is 0 Å². The van der Waals surface area contributed by atoms with Crippen molar-refractivity contribution >= 4 is 51.2 Å². The molecule has 1 aliphatic carbocycles. The van der Waals surface area contributed by atoms with Gasteiger partial charge in [-0.15, -0.1) is 0 Å². The van der Waals surface area contributed by atoms with Crippen LogP contribution in [0.15, 0.2) is 125 Å². The van der Waals surface area contributed by atoms with Gasteiger partial charge in [-0.05, 0) is 112 Å². The molecule has 3 aliphatic rings. The molecule has 2 heterocycles. The van der Waals surface area contributed by atoms with Gasteiger partial charge < -0.3 is 14.9 Å². The number of benzene rings is 3. The van der Waals surface area contributed by atoms with Crippen LogP contribution < -0.4 is 14.9 Å². The summed E-state index contributed by atoms with van der Waals surface area (Å²) in [5.74, 6) is 0.586. The van der Waals surface area contributed by atoms with Crippen molar-refractivity contribution in [3.63, 3.8) is 0 Å². The lowest BCUT2D eigenvalue weighted by Gasteiger charge is -2.27. The topological polar surface area (TPSA) is 153 Å². The Morgan fingerprint density at radius 1 is 0.847 bits per heavy atom. The third-order valence-corrected chi connectivity index (χ3v) is 13.2. The van der Waals surface area contributed by atoms with Crippen molar-refractivity contribution < 1.29 is 40.0 Å². The number of nitrogens with one attached hydrogen (secondary N) is 1. The van der Waals surface area contributed by atoms with E-state index in [1.54, 1.807) is 0 Å². The van der Waals surface area contributed by atoms with Crippen molar-refractivity contribution in [2.24, 2.45) is 0 Å². The van der Waals surface area contributed by atoms with E-state index in [0.717, 1.165) is 65.2 Å². The first-order valence-electron chi connectivity index (χ1n) is 20.1. The molecule has 0 spiro atoms. The molecular formula is C45H53BN3O8S2+. The van der Waals surface area contributed by atoms with Gasteiger partial charge in [0.1, 0.15) is 18.1 Å². The number of fused-ring (bicyclic) bond motifs is 2. The second kappa shape index (κ2) is 17.8. The zero-order valence-electron chi connectivity index (χ0n) is 34.1. The Balaban J connectivity index is 1.42. The summed E-state index contributed by atoms with van der Waals surface area (Å²) in [6.45, 7) is 10.0. The van der Waals surface area contributed by atoms with E-state index in [1.165, 1.54) is 29.8 Å². The van der Waals surface area contributed by atoms with Crippen LogP contribution in [0.2, 0.25) is 0 Å². The molecule has 11 nitrogen and oxygen atoms in total. The number of carbonyl (C=O) groups is 1. The minimum atomic E-state index is -4.40. The summed E-state index contributed by atoms with van der Waals surface area (Å²) in [6, 6.07) is 22.3. The second-order valence-corrected chi connectivity index (χ2v) is 19.3. The van der Waals surface area contributed by atoms with Gasteiger partial charge >= 0.3 is 0 Å². The van der Waals surface area contributed by atoms with Gasteiger partial charge in [-0.2, -0.15) is 21.4 Å². The first-order chi connectivity index (χ1) is 27.9. The molecule has 3 N–H and O–H groups in total. The predicted molar refractivity (Wildman–Crippen MR) is 233 cm³/mol. The fourth-order valence-corrected chi connectivity index (χ4v) is 9.50. The maximum atomic E-state index is 11.8. The molecule has 0 saturated heterocycles. The number of para-hydroxylation sites is 2. The summed E-state index contributed by atoms with van der Waals surface area (Å²) in [4.78, 5) is 13.9. The van der Waals surface area contributed by atoms with E-state index in [4.69, 9.17) is 12.7 Å². The van der Waals surface area contributed by atoms with E-state index in [9.17, 15) is 30.7 Å². The summed E-state index contributed by atoms with van der Waals surface area (Å²) in [7, 11) is -3.14. The number of unbranched alkanes of at least 4 members (excludes halogenated alkanes) is 2. The van der Waals surface area contributed by atoms with Gasteiger partial charge in [0.05, 0.1) is 16.1 Å². The monoisotopic (exact) mass is 838 g/mol. The zero-order chi connectivity index (χ0) is 42.6. The number of rotatable bonds is 16. The summed E-state index contributed by atoms with van der Waals surface area (Å²) in [5.41, 5.74) is 7.92. The largest absolute Gasteiger partial charge is 0.457 e. The number of anilines is 1. The summed E-state index contributed by atoms with van der Waals surface area (Å²) in [6.07, 6.45) is 13.5. The van der Waals surface area contributed by atoms with Crippen LogP contribution in [0.4, 0.5) is 11.4 Å². The Kier molecular flexibility index (Phi) is 13.3. The van der Waals surface area contributed by atoms with Crippen LogP contribution in [0.1, 0.15) is 90.2 Å². The molecule has 3 aromatic rings. The molecule has 59 heavy (non-hydrogen) atoms. The third kappa shape index (κ3) is 10.0. The Morgan fingerprint density at radius 3 is 2.24 bits per heavy atom. The van der Waals surface area contributed by atoms with Crippen molar-refractivity contribution in [1.29, 1.82) is 0 Å². The molecular weight excluding hydrogens is 785 g/mol. The molecule has 0 atom stereocenters. The van der Waals surface area contributed by atoms with Gasteiger partial charge in [-0.3, -0.25) is 13.9 Å². The maximum Gasteiger partial charge on any atom is 0.294 e. The number of nitrogens with zero attached hydrogens (tertiary/aromatic N) is 2. The molecule has 2 radical (unpaired) electrons. The van der Waals surface area contributed by atoms with Gasteiger partial charge in [0, 0.05) is 53.9 Å². The summed E-state index contributed by atoms with van der Waals surface area (Å²) >= 11 is 0. The highest BCUT2D eigenvalue weighted by Gasteiger charge is 2.44. The van der Waals surface area contributed by atoms with Crippen LogP contribution >= 0.6 is 0 Å². The predicted octanol–water partition coefficient (Wildman–Crippen LogP) is 8.03. The van der Waals surface area contributed by atoms with Gasteiger partial charge in [0.15, 0.2) is 5.71 Å². The van der Waals surface area contributed by atoms with Gasteiger partial charge in [0.2, 0.25) is 19.6 Å². The molecule has 3 aromatic carbocycles. The average molecular weight is 839 g/mol. The lowest BCUT2D eigenvalue weighted by Crippen LogP contribution is -2.28. The lowest BCUT2D eigenvalue weighted by molar-refractivity contribution is -0.438. The highest BCUT2D eigenvalue weighted by atomic mass is 32.2. The van der Waals surface area contributed by atoms with Crippen molar-refractivity contribution in [2.45, 2.75) is 94.8 Å². The van der Waals surface area contributed by atoms with Crippen LogP contribution in [-0.4, -0.2) is 69.0 Å². The van der Waals surface area contributed by atoms with Crippen molar-refractivity contribution in [2.75, 3.05) is 23.7 Å². The third-order valence-electron chi connectivity index (χ3n) is 11.5. The zero-order valence-corrected chi connectivity index (χ0v) is 35.8.